The number of aromatic nitrogens is 2. The molecule has 3 nitrogen and oxygen atoms in total. The first-order valence-corrected chi connectivity index (χ1v) is 5.37. The molecule has 15 heavy (non-hydrogen) atoms. The Kier molecular flexibility index (Phi) is 1.73. The van der Waals surface area contributed by atoms with Crippen LogP contribution in [0.5, 0.6) is 0 Å². The van der Waals surface area contributed by atoms with Crippen molar-refractivity contribution in [3.8, 4) is 0 Å². The summed E-state index contributed by atoms with van der Waals surface area (Å²) in [5, 5.41) is 2.26. The molecule has 0 atom stereocenters. The molecule has 0 spiro atoms. The fraction of sp³-hybridized carbons (Fsp3) is 0. The van der Waals surface area contributed by atoms with Gasteiger partial charge in [-0.3, -0.25) is 0 Å². The summed E-state index contributed by atoms with van der Waals surface area (Å²) in [6, 6.07) is 8.01. The van der Waals surface area contributed by atoms with E-state index in [9.17, 15) is 0 Å². The monoisotopic (exact) mass is 261 g/mol. The SMILES string of the molecule is Nc1nccc2c1[nH]c1cccc(Br)c12. The average molecular weight is 262 g/mol. The summed E-state index contributed by atoms with van der Waals surface area (Å²) in [4.78, 5) is 7.33. The van der Waals surface area contributed by atoms with Crippen LogP contribution in [0.3, 0.4) is 0 Å². The maximum absolute atomic E-state index is 5.81. The third-order valence-corrected chi connectivity index (χ3v) is 3.18. The summed E-state index contributed by atoms with van der Waals surface area (Å²) >= 11 is 3.54. The van der Waals surface area contributed by atoms with Crippen molar-refractivity contribution in [2.75, 3.05) is 5.73 Å². The number of hydrogen-bond donors (Lipinski definition) is 2. The molecule has 2 heterocycles. The molecule has 0 aliphatic heterocycles. The molecule has 3 aromatic rings. The van der Waals surface area contributed by atoms with Gasteiger partial charge in [0.05, 0.1) is 5.52 Å². The molecule has 74 valence electrons. The number of fused-ring (bicyclic) bond motifs is 3. The van der Waals surface area contributed by atoms with Crippen LogP contribution in [-0.4, -0.2) is 9.97 Å². The summed E-state index contributed by atoms with van der Waals surface area (Å²) in [5.74, 6) is 0.538. The fourth-order valence-electron chi connectivity index (χ4n) is 1.85. The van der Waals surface area contributed by atoms with E-state index in [1.54, 1.807) is 6.20 Å². The molecular formula is C11H8BrN3. The topological polar surface area (TPSA) is 54.7 Å². The smallest absolute Gasteiger partial charge is 0.147 e. The van der Waals surface area contributed by atoms with E-state index in [1.807, 2.05) is 24.3 Å². The molecule has 2 aromatic heterocycles. The number of halogens is 1. The molecule has 3 rings (SSSR count). The standard InChI is InChI=1S/C11H8BrN3/c12-7-2-1-3-8-9(7)6-4-5-14-11(13)10(6)15-8/h1-5,15H,(H2,13,14). The van der Waals surface area contributed by atoms with Gasteiger partial charge in [-0.25, -0.2) is 4.98 Å². The van der Waals surface area contributed by atoms with Gasteiger partial charge in [0.2, 0.25) is 0 Å². The number of hydrogen-bond acceptors (Lipinski definition) is 2. The zero-order valence-corrected chi connectivity index (χ0v) is 9.38. The number of pyridine rings is 1. The Hall–Kier alpha value is -1.55. The lowest BCUT2D eigenvalue weighted by atomic mass is 10.2. The van der Waals surface area contributed by atoms with Crippen LogP contribution >= 0.6 is 15.9 Å². The number of nitrogen functional groups attached to an aromatic ring is 1. The summed E-state index contributed by atoms with van der Waals surface area (Å²) in [7, 11) is 0. The summed E-state index contributed by atoms with van der Waals surface area (Å²) in [6.45, 7) is 0. The van der Waals surface area contributed by atoms with Crippen LogP contribution in [0.1, 0.15) is 0 Å². The lowest BCUT2D eigenvalue weighted by Gasteiger charge is -1.95. The van der Waals surface area contributed by atoms with Gasteiger partial charge in [0.25, 0.3) is 0 Å². The molecule has 4 heteroatoms. The van der Waals surface area contributed by atoms with Gasteiger partial charge >= 0.3 is 0 Å². The third-order valence-electron chi connectivity index (χ3n) is 2.52. The van der Waals surface area contributed by atoms with Crippen molar-refractivity contribution in [3.63, 3.8) is 0 Å². The van der Waals surface area contributed by atoms with Gasteiger partial charge in [-0.05, 0) is 18.2 Å². The molecular weight excluding hydrogens is 254 g/mol. The van der Waals surface area contributed by atoms with Crippen LogP contribution in [0.2, 0.25) is 0 Å². The van der Waals surface area contributed by atoms with Crippen LogP contribution in [-0.2, 0) is 0 Å². The van der Waals surface area contributed by atoms with Crippen molar-refractivity contribution < 1.29 is 0 Å². The van der Waals surface area contributed by atoms with Gasteiger partial charge < -0.3 is 10.7 Å². The number of benzene rings is 1. The predicted molar refractivity (Wildman–Crippen MR) is 65.7 cm³/mol. The first-order valence-electron chi connectivity index (χ1n) is 4.58. The largest absolute Gasteiger partial charge is 0.382 e. The average Bonchev–Trinajstić information content (AvgIpc) is 2.59. The second kappa shape index (κ2) is 2.97. The normalized spacial score (nSPS) is 11.3. The number of nitrogens with one attached hydrogen (secondary N) is 1. The molecule has 0 fully saturated rings. The Morgan fingerprint density at radius 3 is 3.00 bits per heavy atom. The Labute approximate surface area is 94.4 Å². The van der Waals surface area contributed by atoms with Crippen LogP contribution in [0, 0.1) is 0 Å². The molecule has 0 saturated heterocycles. The Morgan fingerprint density at radius 2 is 2.13 bits per heavy atom. The number of aromatic amines is 1. The summed E-state index contributed by atoms with van der Waals surface area (Å²) < 4.78 is 1.07. The van der Waals surface area contributed by atoms with Gasteiger partial charge in [-0.1, -0.05) is 22.0 Å². The van der Waals surface area contributed by atoms with Crippen molar-refractivity contribution in [2.45, 2.75) is 0 Å². The van der Waals surface area contributed by atoms with Crippen LogP contribution in [0.15, 0.2) is 34.9 Å². The summed E-state index contributed by atoms with van der Waals surface area (Å²) in [6.07, 6.45) is 1.73. The molecule has 0 aliphatic carbocycles. The highest BCUT2D eigenvalue weighted by Crippen LogP contribution is 2.32. The number of anilines is 1. The maximum Gasteiger partial charge on any atom is 0.147 e. The van der Waals surface area contributed by atoms with Crippen molar-refractivity contribution in [1.82, 2.24) is 9.97 Å². The van der Waals surface area contributed by atoms with Crippen LogP contribution in [0.25, 0.3) is 21.8 Å². The van der Waals surface area contributed by atoms with Gasteiger partial charge in [0.15, 0.2) is 0 Å². The van der Waals surface area contributed by atoms with E-state index in [0.29, 0.717) is 5.82 Å². The van der Waals surface area contributed by atoms with Crippen LogP contribution in [0.4, 0.5) is 5.82 Å². The van der Waals surface area contributed by atoms with Crippen LogP contribution < -0.4 is 5.73 Å². The molecule has 0 saturated carbocycles. The van der Waals surface area contributed by atoms with E-state index >= 15 is 0 Å². The molecule has 0 bridgehead atoms. The summed E-state index contributed by atoms with van der Waals surface area (Å²) in [5.41, 5.74) is 7.78. The van der Waals surface area contributed by atoms with Gasteiger partial charge in [0.1, 0.15) is 5.82 Å². The van der Waals surface area contributed by atoms with Crippen molar-refractivity contribution in [1.29, 1.82) is 0 Å². The third kappa shape index (κ3) is 1.15. The van der Waals surface area contributed by atoms with E-state index in [-0.39, 0.29) is 0 Å². The van der Waals surface area contributed by atoms with Gasteiger partial charge in [0, 0.05) is 27.0 Å². The molecule has 3 N–H and O–H groups in total. The highest BCUT2D eigenvalue weighted by Gasteiger charge is 2.08. The lowest BCUT2D eigenvalue weighted by Crippen LogP contribution is -1.89. The predicted octanol–water partition coefficient (Wildman–Crippen LogP) is 3.06. The number of nitrogens with two attached hydrogens (primary N) is 1. The zero-order valence-electron chi connectivity index (χ0n) is 7.79. The minimum Gasteiger partial charge on any atom is -0.382 e. The zero-order chi connectivity index (χ0) is 10.4. The highest BCUT2D eigenvalue weighted by molar-refractivity contribution is 9.10. The maximum atomic E-state index is 5.81. The lowest BCUT2D eigenvalue weighted by molar-refractivity contribution is 1.35. The van der Waals surface area contributed by atoms with E-state index < -0.39 is 0 Å². The Bertz CT molecular complexity index is 657. The van der Waals surface area contributed by atoms with Crippen molar-refractivity contribution in [2.24, 2.45) is 0 Å². The quantitative estimate of drug-likeness (QED) is 0.654. The minimum atomic E-state index is 0.538. The molecule has 0 aliphatic rings. The van der Waals surface area contributed by atoms with Crippen molar-refractivity contribution in [3.05, 3.63) is 34.9 Å². The van der Waals surface area contributed by atoms with E-state index in [0.717, 1.165) is 26.3 Å². The Balaban J connectivity index is 2.65. The first-order chi connectivity index (χ1) is 7.27. The second-order valence-corrected chi connectivity index (χ2v) is 4.26. The second-order valence-electron chi connectivity index (χ2n) is 3.41. The van der Waals surface area contributed by atoms with Crippen molar-refractivity contribution >= 4 is 43.6 Å². The number of H-pyrrole nitrogens is 1. The van der Waals surface area contributed by atoms with Gasteiger partial charge in [-0.15, -0.1) is 0 Å². The van der Waals surface area contributed by atoms with E-state index in [2.05, 4.69) is 25.9 Å². The fourth-order valence-corrected chi connectivity index (χ4v) is 2.43. The molecule has 0 radical (unpaired) electrons. The molecule has 0 amide bonds. The van der Waals surface area contributed by atoms with E-state index in [4.69, 9.17) is 5.73 Å². The van der Waals surface area contributed by atoms with Gasteiger partial charge in [-0.2, -0.15) is 0 Å². The number of nitrogens with zero attached hydrogens (tertiary/aromatic N) is 1. The minimum absolute atomic E-state index is 0.538. The number of rotatable bonds is 0. The molecule has 1 aromatic carbocycles. The highest BCUT2D eigenvalue weighted by atomic mass is 79.9. The molecule has 0 unspecified atom stereocenters. The first kappa shape index (κ1) is 8.73. The Morgan fingerprint density at radius 1 is 1.27 bits per heavy atom. The van der Waals surface area contributed by atoms with E-state index in [1.165, 1.54) is 0 Å².